The van der Waals surface area contributed by atoms with Crippen molar-refractivity contribution in [1.82, 2.24) is 4.90 Å². The maximum atomic E-state index is 13.5. The zero-order chi connectivity index (χ0) is 13.0. The number of aliphatic hydroxyl groups excluding tert-OH is 1. The van der Waals surface area contributed by atoms with Gasteiger partial charge >= 0.3 is 0 Å². The van der Waals surface area contributed by atoms with Crippen LogP contribution in [0, 0.1) is 5.82 Å². The molecule has 1 saturated heterocycles. The molecule has 2 nitrogen and oxygen atoms in total. The lowest BCUT2D eigenvalue weighted by atomic mass is 9.99. The number of hydrogen-bond donors (Lipinski definition) is 1. The summed E-state index contributed by atoms with van der Waals surface area (Å²) >= 11 is 3.31. The van der Waals surface area contributed by atoms with Gasteiger partial charge in [-0.1, -0.05) is 18.6 Å². The highest BCUT2D eigenvalue weighted by Gasteiger charge is 2.22. The van der Waals surface area contributed by atoms with Crippen LogP contribution in [-0.4, -0.2) is 29.2 Å². The summed E-state index contributed by atoms with van der Waals surface area (Å²) in [4.78, 5) is 2.36. The maximum absolute atomic E-state index is 13.5. The Bertz CT molecular complexity index is 397. The fourth-order valence-corrected chi connectivity index (χ4v) is 3.02. The van der Waals surface area contributed by atoms with Gasteiger partial charge in [0.15, 0.2) is 0 Å². The molecule has 1 aliphatic heterocycles. The van der Waals surface area contributed by atoms with E-state index in [0.29, 0.717) is 10.5 Å². The van der Waals surface area contributed by atoms with E-state index in [2.05, 4.69) is 20.8 Å². The number of rotatable bonds is 4. The van der Waals surface area contributed by atoms with Gasteiger partial charge in [0.25, 0.3) is 0 Å². The van der Waals surface area contributed by atoms with Crippen LogP contribution in [0.3, 0.4) is 0 Å². The second-order valence-electron chi connectivity index (χ2n) is 4.85. The number of nitrogens with zero attached hydrogens (tertiary/aromatic N) is 1. The van der Waals surface area contributed by atoms with Crippen molar-refractivity contribution >= 4 is 15.9 Å². The Kier molecular flexibility index (Phi) is 5.15. The van der Waals surface area contributed by atoms with Gasteiger partial charge in [0.05, 0.1) is 4.47 Å². The third-order valence-electron chi connectivity index (χ3n) is 3.62. The van der Waals surface area contributed by atoms with Gasteiger partial charge in [-0.25, -0.2) is 4.39 Å². The molecule has 0 amide bonds. The first-order valence-electron chi connectivity index (χ1n) is 6.50. The van der Waals surface area contributed by atoms with E-state index < -0.39 is 0 Å². The molecule has 4 heteroatoms. The summed E-state index contributed by atoms with van der Waals surface area (Å²) < 4.78 is 14.0. The summed E-state index contributed by atoms with van der Waals surface area (Å²) in [5.74, 6) is -0.205. The molecule has 1 atom stereocenters. The predicted octanol–water partition coefficient (Wildman–Crippen LogP) is 3.33. The summed E-state index contributed by atoms with van der Waals surface area (Å²) in [6.07, 6.45) is 4.36. The van der Waals surface area contributed by atoms with Crippen LogP contribution in [0.15, 0.2) is 22.7 Å². The second-order valence-corrected chi connectivity index (χ2v) is 5.64. The average Bonchev–Trinajstić information content (AvgIpc) is 2.37. The molecular formula is C14H19BrFNO. The van der Waals surface area contributed by atoms with Crippen molar-refractivity contribution in [3.63, 3.8) is 0 Å². The van der Waals surface area contributed by atoms with Gasteiger partial charge < -0.3 is 5.11 Å². The summed E-state index contributed by atoms with van der Waals surface area (Å²) in [7, 11) is 0. The van der Waals surface area contributed by atoms with Crippen molar-refractivity contribution in [2.75, 3.05) is 13.2 Å². The van der Waals surface area contributed by atoms with E-state index >= 15 is 0 Å². The molecular weight excluding hydrogens is 297 g/mol. The Hall–Kier alpha value is -0.450. The van der Waals surface area contributed by atoms with Crippen molar-refractivity contribution in [1.29, 1.82) is 0 Å². The van der Waals surface area contributed by atoms with Gasteiger partial charge in [-0.15, -0.1) is 0 Å². The van der Waals surface area contributed by atoms with Crippen molar-refractivity contribution in [3.05, 3.63) is 34.1 Å². The van der Waals surface area contributed by atoms with Crippen LogP contribution in [0.5, 0.6) is 0 Å². The molecule has 0 aliphatic carbocycles. The number of benzene rings is 1. The van der Waals surface area contributed by atoms with E-state index in [1.54, 1.807) is 6.07 Å². The SMILES string of the molecule is OCCC1CCCCN1Cc1cccc(F)c1Br. The summed E-state index contributed by atoms with van der Waals surface area (Å²) in [5, 5.41) is 9.11. The number of aliphatic hydroxyl groups is 1. The Labute approximate surface area is 116 Å². The number of likely N-dealkylation sites (tertiary alicyclic amines) is 1. The van der Waals surface area contributed by atoms with E-state index in [9.17, 15) is 4.39 Å². The maximum Gasteiger partial charge on any atom is 0.137 e. The van der Waals surface area contributed by atoms with Gasteiger partial charge in [-0.2, -0.15) is 0 Å². The molecule has 1 fully saturated rings. The molecule has 1 unspecified atom stereocenters. The lowest BCUT2D eigenvalue weighted by Crippen LogP contribution is -2.39. The van der Waals surface area contributed by atoms with Crippen LogP contribution in [-0.2, 0) is 6.54 Å². The Morgan fingerprint density at radius 3 is 3.00 bits per heavy atom. The second kappa shape index (κ2) is 6.64. The van der Waals surface area contributed by atoms with Crippen LogP contribution in [0.25, 0.3) is 0 Å². The molecule has 100 valence electrons. The zero-order valence-corrected chi connectivity index (χ0v) is 12.0. The zero-order valence-electron chi connectivity index (χ0n) is 10.4. The van der Waals surface area contributed by atoms with E-state index in [-0.39, 0.29) is 12.4 Å². The third kappa shape index (κ3) is 3.31. The molecule has 1 aromatic carbocycles. The van der Waals surface area contributed by atoms with Crippen molar-refractivity contribution in [2.24, 2.45) is 0 Å². The molecule has 1 aromatic rings. The number of hydrogen-bond acceptors (Lipinski definition) is 2. The smallest absolute Gasteiger partial charge is 0.137 e. The van der Waals surface area contributed by atoms with Gasteiger partial charge in [0.1, 0.15) is 5.82 Å². The molecule has 0 spiro atoms. The monoisotopic (exact) mass is 315 g/mol. The third-order valence-corrected chi connectivity index (χ3v) is 4.50. The van der Waals surface area contributed by atoms with Crippen LogP contribution < -0.4 is 0 Å². The van der Waals surface area contributed by atoms with Gasteiger partial charge in [0, 0.05) is 19.2 Å². The standard InChI is InChI=1S/C14H19BrFNO/c15-14-11(4-3-6-13(14)16)10-17-8-2-1-5-12(17)7-9-18/h3-4,6,12,18H,1-2,5,7-10H2. The highest BCUT2D eigenvalue weighted by Crippen LogP contribution is 2.26. The van der Waals surface area contributed by atoms with Crippen molar-refractivity contribution < 1.29 is 9.50 Å². The molecule has 0 aromatic heterocycles. The van der Waals surface area contributed by atoms with Crippen molar-refractivity contribution in [3.8, 4) is 0 Å². The van der Waals surface area contributed by atoms with E-state index in [0.717, 1.165) is 31.5 Å². The fraction of sp³-hybridized carbons (Fsp3) is 0.571. The quantitative estimate of drug-likeness (QED) is 0.921. The minimum absolute atomic E-state index is 0.205. The largest absolute Gasteiger partial charge is 0.396 e. The lowest BCUT2D eigenvalue weighted by molar-refractivity contribution is 0.112. The number of halogens is 2. The van der Waals surface area contributed by atoms with Crippen LogP contribution in [0.4, 0.5) is 4.39 Å². The number of piperidine rings is 1. The van der Waals surface area contributed by atoms with Crippen LogP contribution in [0.2, 0.25) is 0 Å². The van der Waals surface area contributed by atoms with E-state index in [4.69, 9.17) is 5.11 Å². The normalized spacial score (nSPS) is 21.2. The average molecular weight is 316 g/mol. The van der Waals surface area contributed by atoms with E-state index in [1.807, 2.05) is 6.07 Å². The molecule has 2 rings (SSSR count). The first-order chi connectivity index (χ1) is 8.72. The Morgan fingerprint density at radius 1 is 1.39 bits per heavy atom. The topological polar surface area (TPSA) is 23.5 Å². The Balaban J connectivity index is 2.08. The van der Waals surface area contributed by atoms with Gasteiger partial charge in [-0.3, -0.25) is 4.90 Å². The molecule has 1 heterocycles. The summed E-state index contributed by atoms with van der Waals surface area (Å²) in [6.45, 7) is 2.02. The molecule has 18 heavy (non-hydrogen) atoms. The highest BCUT2D eigenvalue weighted by atomic mass is 79.9. The molecule has 1 aliphatic rings. The minimum atomic E-state index is -0.205. The summed E-state index contributed by atoms with van der Waals surface area (Å²) in [5.41, 5.74) is 0.986. The highest BCUT2D eigenvalue weighted by molar-refractivity contribution is 9.10. The molecule has 0 saturated carbocycles. The van der Waals surface area contributed by atoms with Crippen LogP contribution >= 0.6 is 15.9 Å². The van der Waals surface area contributed by atoms with Gasteiger partial charge in [0.2, 0.25) is 0 Å². The summed E-state index contributed by atoms with van der Waals surface area (Å²) in [6, 6.07) is 5.60. The predicted molar refractivity (Wildman–Crippen MR) is 73.9 cm³/mol. The molecule has 0 bridgehead atoms. The van der Waals surface area contributed by atoms with E-state index in [1.165, 1.54) is 18.9 Å². The first-order valence-corrected chi connectivity index (χ1v) is 7.29. The first kappa shape index (κ1) is 14.0. The lowest BCUT2D eigenvalue weighted by Gasteiger charge is -2.35. The molecule has 1 N–H and O–H groups in total. The molecule has 0 radical (unpaired) electrons. The Morgan fingerprint density at radius 2 is 2.22 bits per heavy atom. The minimum Gasteiger partial charge on any atom is -0.396 e. The van der Waals surface area contributed by atoms with Gasteiger partial charge in [-0.05, 0) is 53.4 Å². The van der Waals surface area contributed by atoms with Crippen molar-refractivity contribution in [2.45, 2.75) is 38.3 Å². The fourth-order valence-electron chi connectivity index (χ4n) is 2.63. The van der Waals surface area contributed by atoms with Crippen LogP contribution in [0.1, 0.15) is 31.2 Å².